The van der Waals surface area contributed by atoms with Crippen LogP contribution >= 0.6 is 0 Å². The molecule has 0 aliphatic heterocycles. The molecule has 32 heavy (non-hydrogen) atoms. The summed E-state index contributed by atoms with van der Waals surface area (Å²) in [5.41, 5.74) is 8.16. The van der Waals surface area contributed by atoms with E-state index < -0.39 is 5.82 Å². The summed E-state index contributed by atoms with van der Waals surface area (Å²) in [6.07, 6.45) is 5.20. The number of benzene rings is 1. The van der Waals surface area contributed by atoms with Gasteiger partial charge in [0.05, 0.1) is 16.9 Å². The molecule has 1 fully saturated rings. The second kappa shape index (κ2) is 9.13. The molecule has 1 aromatic carbocycles. The monoisotopic (exact) mass is 433 g/mol. The standard InChI is InChI=1S/C24H24FN5O2/c1-15(31)30(14-16-2-3-16)22-8-6-18(10-20(22)25)21-7-5-19(13-27-21)24(32)29-12-17-4-9-23(26)28-11-17/h4-11,13,16H,2-3,12,14H2,1H3,(H2,26,28)(H,29,32). The van der Waals surface area contributed by atoms with Gasteiger partial charge < -0.3 is 16.0 Å². The molecule has 0 bridgehead atoms. The summed E-state index contributed by atoms with van der Waals surface area (Å²) in [4.78, 5) is 34.1. The van der Waals surface area contributed by atoms with Gasteiger partial charge in [0.15, 0.2) is 0 Å². The average Bonchev–Trinajstić information content (AvgIpc) is 3.61. The molecule has 2 amide bonds. The molecule has 2 heterocycles. The van der Waals surface area contributed by atoms with Gasteiger partial charge in [-0.05, 0) is 54.7 Å². The molecule has 3 N–H and O–H groups in total. The van der Waals surface area contributed by atoms with E-state index in [1.165, 1.54) is 24.1 Å². The summed E-state index contributed by atoms with van der Waals surface area (Å²) in [6, 6.07) is 11.5. The van der Waals surface area contributed by atoms with Gasteiger partial charge in [0.2, 0.25) is 5.91 Å². The third-order valence-corrected chi connectivity index (χ3v) is 5.38. The zero-order valence-electron chi connectivity index (χ0n) is 17.7. The molecule has 0 radical (unpaired) electrons. The van der Waals surface area contributed by atoms with E-state index in [4.69, 9.17) is 5.73 Å². The number of nitrogens with two attached hydrogens (primary N) is 1. The number of nitrogens with one attached hydrogen (secondary N) is 1. The highest BCUT2D eigenvalue weighted by Gasteiger charge is 2.27. The zero-order chi connectivity index (χ0) is 22.7. The minimum absolute atomic E-state index is 0.174. The van der Waals surface area contributed by atoms with Gasteiger partial charge >= 0.3 is 0 Å². The number of carbonyl (C=O) groups is 2. The maximum Gasteiger partial charge on any atom is 0.253 e. The molecule has 1 aliphatic carbocycles. The lowest BCUT2D eigenvalue weighted by Gasteiger charge is -2.22. The van der Waals surface area contributed by atoms with Crippen LogP contribution in [0.1, 0.15) is 35.7 Å². The van der Waals surface area contributed by atoms with Crippen LogP contribution in [-0.2, 0) is 11.3 Å². The summed E-state index contributed by atoms with van der Waals surface area (Å²) in [7, 11) is 0. The molecule has 1 saturated carbocycles. The molecule has 4 rings (SSSR count). The minimum Gasteiger partial charge on any atom is -0.384 e. The lowest BCUT2D eigenvalue weighted by Crippen LogP contribution is -2.31. The third kappa shape index (κ3) is 5.08. The van der Waals surface area contributed by atoms with Gasteiger partial charge in [0.1, 0.15) is 11.6 Å². The first kappa shape index (κ1) is 21.4. The van der Waals surface area contributed by atoms with Crippen molar-refractivity contribution in [3.63, 3.8) is 0 Å². The zero-order valence-corrected chi connectivity index (χ0v) is 17.7. The van der Waals surface area contributed by atoms with Crippen molar-refractivity contribution in [2.24, 2.45) is 5.92 Å². The second-order valence-corrected chi connectivity index (χ2v) is 7.95. The SMILES string of the molecule is CC(=O)N(CC1CC1)c1ccc(-c2ccc(C(=O)NCc3ccc(N)nc3)cn2)cc1F. The van der Waals surface area contributed by atoms with Crippen LogP contribution in [0.3, 0.4) is 0 Å². The Labute approximate surface area is 185 Å². The van der Waals surface area contributed by atoms with Gasteiger partial charge in [-0.3, -0.25) is 14.6 Å². The number of halogens is 1. The Bertz CT molecular complexity index is 1130. The highest BCUT2D eigenvalue weighted by molar-refractivity contribution is 5.94. The molecule has 0 spiro atoms. The van der Waals surface area contributed by atoms with Gasteiger partial charge in [-0.25, -0.2) is 9.37 Å². The van der Waals surface area contributed by atoms with E-state index in [0.29, 0.717) is 41.6 Å². The Morgan fingerprint density at radius 1 is 1.12 bits per heavy atom. The van der Waals surface area contributed by atoms with Crippen LogP contribution in [0.4, 0.5) is 15.9 Å². The predicted octanol–water partition coefficient (Wildman–Crippen LogP) is 3.56. The van der Waals surface area contributed by atoms with E-state index in [0.717, 1.165) is 18.4 Å². The molecule has 0 unspecified atom stereocenters. The van der Waals surface area contributed by atoms with Crippen molar-refractivity contribution in [2.45, 2.75) is 26.3 Å². The van der Waals surface area contributed by atoms with Crippen molar-refractivity contribution < 1.29 is 14.0 Å². The first-order chi connectivity index (χ1) is 15.4. The predicted molar refractivity (Wildman–Crippen MR) is 120 cm³/mol. The first-order valence-electron chi connectivity index (χ1n) is 10.4. The Hall–Kier alpha value is -3.81. The molecule has 7 nitrogen and oxygen atoms in total. The highest BCUT2D eigenvalue weighted by atomic mass is 19.1. The Balaban J connectivity index is 1.43. The number of anilines is 2. The molecular formula is C24H24FN5O2. The smallest absolute Gasteiger partial charge is 0.253 e. The Kier molecular flexibility index (Phi) is 6.11. The fourth-order valence-electron chi connectivity index (χ4n) is 3.36. The summed E-state index contributed by atoms with van der Waals surface area (Å²) in [6.45, 7) is 2.30. The van der Waals surface area contributed by atoms with Crippen molar-refractivity contribution in [3.8, 4) is 11.3 Å². The molecule has 0 atom stereocenters. The molecular weight excluding hydrogens is 409 g/mol. The van der Waals surface area contributed by atoms with Crippen LogP contribution < -0.4 is 16.0 Å². The third-order valence-electron chi connectivity index (χ3n) is 5.38. The van der Waals surface area contributed by atoms with E-state index in [9.17, 15) is 14.0 Å². The average molecular weight is 433 g/mol. The first-order valence-corrected chi connectivity index (χ1v) is 10.4. The number of hydrogen-bond donors (Lipinski definition) is 2. The van der Waals surface area contributed by atoms with Crippen LogP contribution in [0.2, 0.25) is 0 Å². The molecule has 1 aliphatic rings. The highest BCUT2D eigenvalue weighted by Crippen LogP contribution is 2.33. The minimum atomic E-state index is -0.473. The number of nitrogens with zero attached hydrogens (tertiary/aromatic N) is 3. The van der Waals surface area contributed by atoms with Crippen molar-refractivity contribution in [1.82, 2.24) is 15.3 Å². The van der Waals surface area contributed by atoms with Crippen LogP contribution in [0.15, 0.2) is 54.9 Å². The van der Waals surface area contributed by atoms with E-state index >= 15 is 0 Å². The summed E-state index contributed by atoms with van der Waals surface area (Å²) in [5.74, 6) is -0.0543. The number of nitrogen functional groups attached to an aromatic ring is 1. The number of hydrogen-bond acceptors (Lipinski definition) is 5. The number of amides is 2. The van der Waals surface area contributed by atoms with Gasteiger partial charge in [-0.1, -0.05) is 12.1 Å². The van der Waals surface area contributed by atoms with Crippen molar-refractivity contribution >= 4 is 23.3 Å². The molecule has 164 valence electrons. The molecule has 8 heteroatoms. The van der Waals surface area contributed by atoms with Crippen molar-refractivity contribution in [2.75, 3.05) is 17.2 Å². The molecule has 2 aromatic heterocycles. The quantitative estimate of drug-likeness (QED) is 0.593. The summed E-state index contributed by atoms with van der Waals surface area (Å²) in [5, 5.41) is 2.80. The van der Waals surface area contributed by atoms with Gasteiger partial charge in [0, 0.05) is 38.0 Å². The maximum atomic E-state index is 14.8. The lowest BCUT2D eigenvalue weighted by atomic mass is 10.1. The second-order valence-electron chi connectivity index (χ2n) is 7.95. The van der Waals surface area contributed by atoms with Gasteiger partial charge in [-0.2, -0.15) is 0 Å². The summed E-state index contributed by atoms with van der Waals surface area (Å²) < 4.78 is 14.8. The van der Waals surface area contributed by atoms with Crippen molar-refractivity contribution in [3.05, 3.63) is 71.8 Å². The lowest BCUT2D eigenvalue weighted by molar-refractivity contribution is -0.116. The fraction of sp³-hybridized carbons (Fsp3) is 0.250. The number of rotatable bonds is 7. The van der Waals surface area contributed by atoms with E-state index in [2.05, 4.69) is 15.3 Å². The Morgan fingerprint density at radius 3 is 2.53 bits per heavy atom. The van der Waals surface area contributed by atoms with Gasteiger partial charge in [0.25, 0.3) is 5.91 Å². The number of aromatic nitrogens is 2. The number of carbonyl (C=O) groups excluding carboxylic acids is 2. The van der Waals surface area contributed by atoms with E-state index in [1.54, 1.807) is 42.6 Å². The Morgan fingerprint density at radius 2 is 1.94 bits per heavy atom. The topological polar surface area (TPSA) is 101 Å². The van der Waals surface area contributed by atoms with E-state index in [1.807, 2.05) is 0 Å². The van der Waals surface area contributed by atoms with E-state index in [-0.39, 0.29) is 17.5 Å². The fourth-order valence-corrected chi connectivity index (χ4v) is 3.36. The summed E-state index contributed by atoms with van der Waals surface area (Å²) >= 11 is 0. The number of pyridine rings is 2. The maximum absolute atomic E-state index is 14.8. The van der Waals surface area contributed by atoms with Crippen LogP contribution in [0.25, 0.3) is 11.3 Å². The van der Waals surface area contributed by atoms with Gasteiger partial charge in [-0.15, -0.1) is 0 Å². The largest absolute Gasteiger partial charge is 0.384 e. The normalized spacial score (nSPS) is 12.9. The van der Waals surface area contributed by atoms with Crippen LogP contribution in [0, 0.1) is 11.7 Å². The molecule has 0 saturated heterocycles. The van der Waals surface area contributed by atoms with Crippen LogP contribution in [-0.4, -0.2) is 28.3 Å². The van der Waals surface area contributed by atoms with Crippen molar-refractivity contribution in [1.29, 1.82) is 0 Å². The molecule has 3 aromatic rings. The van der Waals surface area contributed by atoms with Crippen LogP contribution in [0.5, 0.6) is 0 Å².